The fourth-order valence-electron chi connectivity index (χ4n) is 7.82. The van der Waals surface area contributed by atoms with Gasteiger partial charge in [-0.1, -0.05) is 48.5 Å². The van der Waals surface area contributed by atoms with E-state index in [-0.39, 0.29) is 65.5 Å². The van der Waals surface area contributed by atoms with Crippen LogP contribution in [0.5, 0.6) is 0 Å². The first-order valence-corrected chi connectivity index (χ1v) is 22.4. The lowest BCUT2D eigenvalue weighted by atomic mass is 9.95. The van der Waals surface area contributed by atoms with Crippen molar-refractivity contribution in [3.05, 3.63) is 132 Å². The van der Waals surface area contributed by atoms with Gasteiger partial charge in [-0.2, -0.15) is 26.3 Å². The molecule has 8 rings (SSSR count). The van der Waals surface area contributed by atoms with Crippen LogP contribution in [0.3, 0.4) is 0 Å². The molecule has 4 heterocycles. The summed E-state index contributed by atoms with van der Waals surface area (Å²) in [5.41, 5.74) is 0.945. The Morgan fingerprint density at radius 1 is 0.625 bits per heavy atom. The summed E-state index contributed by atoms with van der Waals surface area (Å²) < 4.78 is 121. The summed E-state index contributed by atoms with van der Waals surface area (Å²) in [6, 6.07) is 25.3. The quantitative estimate of drug-likeness (QED) is 0.130. The summed E-state index contributed by atoms with van der Waals surface area (Å²) in [5.74, 6) is -6.24. The van der Waals surface area contributed by atoms with Crippen molar-refractivity contribution in [3.8, 4) is 22.9 Å². The SMILES string of the molecule is CC(C)(C)OC(=O)N1CCC(C(=O)N(Cc2ccc(-c3nnc(C(F)(F)F)o3)cc2F)c2ccccc2)CC1.Cl.O=C(C1CCNCC1)N(Cc1ccc(-c2nnc(C(F)(F)F)o2)cc1F)c1ccccc1. The summed E-state index contributed by atoms with van der Waals surface area (Å²) in [4.78, 5) is 43.9. The molecule has 72 heavy (non-hydrogen) atoms. The van der Waals surface area contributed by atoms with Gasteiger partial charge in [-0.15, -0.1) is 32.8 Å². The minimum atomic E-state index is -4.82. The number of rotatable bonds is 10. The Labute approximate surface area is 414 Å². The van der Waals surface area contributed by atoms with Crippen LogP contribution < -0.4 is 15.1 Å². The monoisotopic (exact) mass is 1030 g/mol. The molecule has 0 bridgehead atoms. The molecule has 0 aliphatic carbocycles. The van der Waals surface area contributed by atoms with E-state index in [0.717, 1.165) is 25.2 Å². The lowest BCUT2D eigenvalue weighted by Gasteiger charge is -2.35. The predicted octanol–water partition coefficient (Wildman–Crippen LogP) is 10.9. The average molecular weight is 1030 g/mol. The molecule has 1 N–H and O–H groups in total. The third-order valence-electron chi connectivity index (χ3n) is 11.4. The van der Waals surface area contributed by atoms with Gasteiger partial charge in [0, 0.05) is 58.6 Å². The number of piperidine rings is 2. The summed E-state index contributed by atoms with van der Waals surface area (Å²) >= 11 is 0. The standard InChI is InChI=1S/C27H28F4N4O4.C22H20F4N4O2.ClH/c1-26(2,3)39-25(37)34-13-11-17(12-14-34)23(36)35(20-7-5-4-6-8-20)16-19-10-9-18(15-21(19)28)22-32-33-24(38-22)27(29,30)31;23-18-12-15(19-28-29-21(32-19)22(24,25)26)6-7-16(18)13-30(17-4-2-1-3-5-17)20(31)14-8-10-27-11-9-14;/h4-10,15,17H,11-14,16H2,1-3H3;1-7,12,14,27H,8-11,13H2;1H. The molecule has 6 aromatic rings. The number of likely N-dealkylation sites (tertiary alicyclic amines) is 1. The number of para-hydroxylation sites is 2. The molecular formula is C49H49ClF8N8O6. The molecule has 2 saturated heterocycles. The van der Waals surface area contributed by atoms with E-state index in [1.165, 1.54) is 29.2 Å². The highest BCUT2D eigenvalue weighted by Crippen LogP contribution is 2.34. The number of nitrogens with zero attached hydrogens (tertiary/aromatic N) is 7. The van der Waals surface area contributed by atoms with Crippen LogP contribution >= 0.6 is 12.4 Å². The van der Waals surface area contributed by atoms with Gasteiger partial charge in [0.25, 0.3) is 0 Å². The van der Waals surface area contributed by atoms with Gasteiger partial charge in [0.2, 0.25) is 23.6 Å². The number of hydrogen-bond acceptors (Lipinski definition) is 11. The number of halogens is 9. The number of ether oxygens (including phenoxy) is 1. The second-order valence-corrected chi connectivity index (χ2v) is 17.7. The Morgan fingerprint density at radius 3 is 1.39 bits per heavy atom. The number of carbonyl (C=O) groups is 3. The number of amides is 3. The maximum absolute atomic E-state index is 15.1. The van der Waals surface area contributed by atoms with E-state index in [2.05, 4.69) is 34.5 Å². The second-order valence-electron chi connectivity index (χ2n) is 17.7. The van der Waals surface area contributed by atoms with Crippen LogP contribution in [0, 0.1) is 23.5 Å². The molecule has 0 unspecified atom stereocenters. The molecule has 4 aromatic carbocycles. The predicted molar refractivity (Wildman–Crippen MR) is 248 cm³/mol. The van der Waals surface area contributed by atoms with Crippen molar-refractivity contribution in [2.45, 2.75) is 77.5 Å². The zero-order valence-electron chi connectivity index (χ0n) is 39.0. The summed E-state index contributed by atoms with van der Waals surface area (Å²) in [6.07, 6.45) is -7.80. The molecule has 384 valence electrons. The smallest absolute Gasteiger partial charge is 0.444 e. The fraction of sp³-hybridized carbons (Fsp3) is 0.367. The van der Waals surface area contributed by atoms with E-state index >= 15 is 4.39 Å². The third kappa shape index (κ3) is 13.9. The van der Waals surface area contributed by atoms with Gasteiger partial charge in [-0.05, 0) is 108 Å². The van der Waals surface area contributed by atoms with Gasteiger partial charge >= 0.3 is 30.2 Å². The fourth-order valence-corrected chi connectivity index (χ4v) is 7.82. The van der Waals surface area contributed by atoms with Crippen LogP contribution in [0.2, 0.25) is 0 Å². The maximum atomic E-state index is 15.1. The lowest BCUT2D eigenvalue weighted by molar-refractivity contribution is -0.157. The van der Waals surface area contributed by atoms with E-state index in [9.17, 15) is 45.1 Å². The number of alkyl halides is 6. The molecule has 0 saturated carbocycles. The molecule has 0 atom stereocenters. The largest absolute Gasteiger partial charge is 0.470 e. The van der Waals surface area contributed by atoms with E-state index in [4.69, 9.17) is 4.74 Å². The van der Waals surface area contributed by atoms with Crippen molar-refractivity contribution in [1.82, 2.24) is 30.6 Å². The highest BCUT2D eigenvalue weighted by molar-refractivity contribution is 5.96. The molecule has 2 aliphatic rings. The normalized spacial score (nSPS) is 14.7. The van der Waals surface area contributed by atoms with Crippen molar-refractivity contribution in [2.24, 2.45) is 11.8 Å². The van der Waals surface area contributed by atoms with E-state index < -0.39 is 65.2 Å². The Balaban J connectivity index is 0.000000236. The van der Waals surface area contributed by atoms with Crippen molar-refractivity contribution < 1.29 is 63.1 Å². The molecule has 3 amide bonds. The van der Waals surface area contributed by atoms with Gasteiger partial charge in [0.1, 0.15) is 17.2 Å². The zero-order valence-corrected chi connectivity index (χ0v) is 39.8. The van der Waals surface area contributed by atoms with E-state index in [1.807, 2.05) is 6.07 Å². The van der Waals surface area contributed by atoms with Crippen LogP contribution in [-0.4, -0.2) is 75.0 Å². The van der Waals surface area contributed by atoms with Crippen molar-refractivity contribution in [2.75, 3.05) is 36.0 Å². The Hall–Kier alpha value is -6.94. The molecule has 14 nitrogen and oxygen atoms in total. The molecule has 23 heteroatoms. The van der Waals surface area contributed by atoms with Gasteiger partial charge in [0.15, 0.2) is 0 Å². The first-order chi connectivity index (χ1) is 33.6. The number of benzene rings is 4. The first kappa shape index (κ1) is 54.4. The maximum Gasteiger partial charge on any atom is 0.470 e. The van der Waals surface area contributed by atoms with Crippen molar-refractivity contribution >= 4 is 41.7 Å². The van der Waals surface area contributed by atoms with Crippen LogP contribution in [0.1, 0.15) is 69.4 Å². The van der Waals surface area contributed by atoms with E-state index in [0.29, 0.717) is 50.1 Å². The first-order valence-electron chi connectivity index (χ1n) is 22.4. The Morgan fingerprint density at radius 2 is 1.03 bits per heavy atom. The highest BCUT2D eigenvalue weighted by atomic mass is 35.5. The Bertz CT molecular complexity index is 2780. The molecule has 2 aromatic heterocycles. The zero-order chi connectivity index (χ0) is 51.1. The van der Waals surface area contributed by atoms with Gasteiger partial charge < -0.3 is 33.6 Å². The summed E-state index contributed by atoms with van der Waals surface area (Å²) in [6.45, 7) is 7.40. The van der Waals surface area contributed by atoms with E-state index in [1.54, 1.807) is 85.2 Å². The number of carbonyl (C=O) groups excluding carboxylic acids is 3. The number of aromatic nitrogens is 4. The minimum absolute atomic E-state index is 0. The van der Waals surface area contributed by atoms with Crippen LogP contribution in [-0.2, 0) is 39.8 Å². The topological polar surface area (TPSA) is 160 Å². The molecular weight excluding hydrogens is 984 g/mol. The van der Waals surface area contributed by atoms with Crippen LogP contribution in [0.4, 0.5) is 51.3 Å². The van der Waals surface area contributed by atoms with Gasteiger partial charge in [-0.25, -0.2) is 13.6 Å². The molecule has 2 fully saturated rings. The van der Waals surface area contributed by atoms with Gasteiger partial charge in [-0.3, -0.25) is 9.59 Å². The van der Waals surface area contributed by atoms with Crippen molar-refractivity contribution in [1.29, 1.82) is 0 Å². The third-order valence-corrected chi connectivity index (χ3v) is 11.4. The molecule has 2 aliphatic heterocycles. The second kappa shape index (κ2) is 23.1. The van der Waals surface area contributed by atoms with Crippen LogP contribution in [0.25, 0.3) is 22.9 Å². The number of anilines is 2. The highest BCUT2D eigenvalue weighted by Gasteiger charge is 2.40. The minimum Gasteiger partial charge on any atom is -0.444 e. The summed E-state index contributed by atoms with van der Waals surface area (Å²) in [7, 11) is 0. The molecule has 0 radical (unpaired) electrons. The lowest BCUT2D eigenvalue weighted by Crippen LogP contribution is -2.45. The van der Waals surface area contributed by atoms with Crippen molar-refractivity contribution in [3.63, 3.8) is 0 Å². The van der Waals surface area contributed by atoms with Crippen LogP contribution in [0.15, 0.2) is 106 Å². The number of nitrogens with one attached hydrogen (secondary N) is 1. The molecule has 0 spiro atoms. The number of hydrogen-bond donors (Lipinski definition) is 1. The average Bonchev–Trinajstić information content (AvgIpc) is 4.06. The summed E-state index contributed by atoms with van der Waals surface area (Å²) in [5, 5.41) is 15.8. The van der Waals surface area contributed by atoms with Gasteiger partial charge in [0.05, 0.1) is 13.1 Å². The Kier molecular flexibility index (Phi) is 17.4.